The average molecular weight is 522 g/mol. The van der Waals surface area contributed by atoms with E-state index < -0.39 is 28.8 Å². The molecule has 0 spiro atoms. The van der Waals surface area contributed by atoms with Gasteiger partial charge in [-0.3, -0.25) is 9.00 Å². The molecular formula is C23H24F3N6O3S-. The highest BCUT2D eigenvalue weighted by Crippen LogP contribution is 2.35. The van der Waals surface area contributed by atoms with E-state index in [1.807, 2.05) is 0 Å². The molecule has 1 heterocycles. The fourth-order valence-corrected chi connectivity index (χ4v) is 3.70. The van der Waals surface area contributed by atoms with Crippen molar-refractivity contribution in [3.8, 4) is 0 Å². The van der Waals surface area contributed by atoms with Crippen LogP contribution in [-0.2, 0) is 24.0 Å². The number of rotatable bonds is 8. The molecule has 13 heteroatoms. The van der Waals surface area contributed by atoms with Crippen LogP contribution in [0.25, 0.3) is 0 Å². The minimum Gasteiger partial charge on any atom is -0.755 e. The quantitative estimate of drug-likeness (QED) is 0.382. The maximum Gasteiger partial charge on any atom is 0.421 e. The first-order valence-corrected chi connectivity index (χ1v) is 11.6. The fraction of sp³-hybridized carbons (Fsp3) is 0.261. The van der Waals surface area contributed by atoms with Gasteiger partial charge in [0.1, 0.15) is 11.4 Å². The Kier molecular flexibility index (Phi) is 8.15. The second-order valence-electron chi connectivity index (χ2n) is 7.89. The van der Waals surface area contributed by atoms with Crippen LogP contribution in [0.4, 0.5) is 36.3 Å². The van der Waals surface area contributed by atoms with Crippen molar-refractivity contribution in [1.29, 1.82) is 0 Å². The van der Waals surface area contributed by atoms with Crippen LogP contribution in [-0.4, -0.2) is 38.7 Å². The number of aromatic nitrogens is 2. The van der Waals surface area contributed by atoms with E-state index in [9.17, 15) is 26.7 Å². The molecule has 1 aromatic heterocycles. The Morgan fingerprint density at radius 1 is 1.17 bits per heavy atom. The average Bonchev–Trinajstić information content (AvgIpc) is 2.82. The zero-order valence-electron chi connectivity index (χ0n) is 19.9. The third kappa shape index (κ3) is 6.29. The van der Waals surface area contributed by atoms with Gasteiger partial charge in [-0.25, -0.2) is 4.98 Å². The summed E-state index contributed by atoms with van der Waals surface area (Å²) in [6.07, 6.45) is -4.06. The Bertz CT molecular complexity index is 1300. The molecule has 1 unspecified atom stereocenters. The number of benzene rings is 2. The number of amides is 1. The molecule has 0 aliphatic carbocycles. The molecule has 3 N–H and O–H groups in total. The van der Waals surface area contributed by atoms with Crippen molar-refractivity contribution in [2.75, 3.05) is 29.0 Å². The molecule has 36 heavy (non-hydrogen) atoms. The number of nitrogens with one attached hydrogen (secondary N) is 3. The Labute approximate surface area is 208 Å². The van der Waals surface area contributed by atoms with E-state index in [2.05, 4.69) is 25.9 Å². The number of hydrogen-bond donors (Lipinski definition) is 3. The van der Waals surface area contributed by atoms with Gasteiger partial charge in [-0.2, -0.15) is 18.2 Å². The van der Waals surface area contributed by atoms with E-state index in [-0.39, 0.29) is 18.4 Å². The van der Waals surface area contributed by atoms with Crippen LogP contribution in [0.5, 0.6) is 0 Å². The second-order valence-corrected chi connectivity index (χ2v) is 8.87. The number of halogens is 3. The molecule has 0 saturated carbocycles. The van der Waals surface area contributed by atoms with Gasteiger partial charge in [0.15, 0.2) is 0 Å². The molecule has 0 aliphatic heterocycles. The van der Waals surface area contributed by atoms with Crippen molar-refractivity contribution in [1.82, 2.24) is 15.3 Å². The largest absolute Gasteiger partial charge is 0.755 e. The van der Waals surface area contributed by atoms with Crippen molar-refractivity contribution in [2.45, 2.75) is 26.6 Å². The van der Waals surface area contributed by atoms with Crippen molar-refractivity contribution < 1.29 is 26.7 Å². The van der Waals surface area contributed by atoms with E-state index in [1.165, 1.54) is 14.1 Å². The molecule has 0 fully saturated rings. The summed E-state index contributed by atoms with van der Waals surface area (Å²) in [5.41, 5.74) is 2.08. The lowest BCUT2D eigenvalue weighted by Gasteiger charge is -2.25. The summed E-state index contributed by atoms with van der Waals surface area (Å²) >= 11 is -2.57. The number of hydrogen-bond acceptors (Lipinski definition) is 7. The van der Waals surface area contributed by atoms with Crippen molar-refractivity contribution >= 4 is 40.3 Å². The lowest BCUT2D eigenvalue weighted by Crippen LogP contribution is -2.22. The molecule has 192 valence electrons. The van der Waals surface area contributed by atoms with Crippen molar-refractivity contribution in [3.05, 3.63) is 70.4 Å². The molecule has 1 atom stereocenters. The summed E-state index contributed by atoms with van der Waals surface area (Å²) in [4.78, 5) is 19.6. The van der Waals surface area contributed by atoms with Crippen LogP contribution in [0.2, 0.25) is 0 Å². The van der Waals surface area contributed by atoms with Gasteiger partial charge in [-0.15, -0.1) is 0 Å². The van der Waals surface area contributed by atoms with Gasteiger partial charge in [0, 0.05) is 49.4 Å². The van der Waals surface area contributed by atoms with Crippen LogP contribution in [0.15, 0.2) is 42.6 Å². The zero-order valence-corrected chi connectivity index (χ0v) is 20.7. The Morgan fingerprint density at radius 3 is 2.50 bits per heavy atom. The van der Waals surface area contributed by atoms with Crippen LogP contribution in [0.1, 0.15) is 32.6 Å². The first-order valence-electron chi connectivity index (χ1n) is 10.6. The van der Waals surface area contributed by atoms with Crippen molar-refractivity contribution in [2.24, 2.45) is 0 Å². The molecule has 9 nitrogen and oxygen atoms in total. The summed E-state index contributed by atoms with van der Waals surface area (Å²) < 4.78 is 64.8. The molecule has 1 amide bonds. The molecular weight excluding hydrogens is 497 g/mol. The summed E-state index contributed by atoms with van der Waals surface area (Å²) in [6, 6.07) is 9.77. The van der Waals surface area contributed by atoms with Crippen LogP contribution >= 0.6 is 0 Å². The van der Waals surface area contributed by atoms with Gasteiger partial charge < -0.3 is 24.8 Å². The highest BCUT2D eigenvalue weighted by atomic mass is 32.2. The summed E-state index contributed by atoms with van der Waals surface area (Å²) in [5, 5.41) is 8.06. The van der Waals surface area contributed by atoms with Crippen LogP contribution in [0.3, 0.4) is 0 Å². The SMILES string of the molecule is CNC(=O)c1ccc(Nc2ncc(C(F)(F)F)c(NCc3ccc(C)cc3N(C)S(=O)[O-])n2)c(C)c1. The third-order valence-electron chi connectivity index (χ3n) is 5.31. The highest BCUT2D eigenvalue weighted by molar-refractivity contribution is 7.80. The van der Waals surface area contributed by atoms with E-state index >= 15 is 0 Å². The number of carbonyl (C=O) groups excluding carboxylic acids is 1. The van der Waals surface area contributed by atoms with Gasteiger partial charge in [0.05, 0.1) is 5.69 Å². The smallest absolute Gasteiger partial charge is 0.421 e. The van der Waals surface area contributed by atoms with Gasteiger partial charge in [-0.05, 0) is 54.8 Å². The van der Waals surface area contributed by atoms with Crippen molar-refractivity contribution in [3.63, 3.8) is 0 Å². The van der Waals surface area contributed by atoms with Gasteiger partial charge in [0.2, 0.25) is 5.95 Å². The molecule has 3 aromatic rings. The summed E-state index contributed by atoms with van der Waals surface area (Å²) in [6.45, 7) is 3.37. The number of alkyl halides is 3. The molecule has 0 bridgehead atoms. The first-order chi connectivity index (χ1) is 16.9. The standard InChI is InChI=1S/C23H25F3N6O3S/c1-13-5-6-16(19(9-13)32(4)36(34)35)11-28-20-17(23(24,25)26)12-29-22(31-20)30-18-8-7-15(10-14(18)2)21(33)27-3/h5-10,12H,11H2,1-4H3,(H,27,33)(H,34,35)(H2,28,29,30,31)/p-1. The summed E-state index contributed by atoms with van der Waals surface area (Å²) in [5.74, 6) is -0.843. The highest BCUT2D eigenvalue weighted by Gasteiger charge is 2.35. The maximum atomic E-state index is 13.6. The molecule has 0 aliphatic rings. The second kappa shape index (κ2) is 10.9. The van der Waals surface area contributed by atoms with Gasteiger partial charge in [0.25, 0.3) is 5.91 Å². The number of carbonyl (C=O) groups is 1. The predicted molar refractivity (Wildman–Crippen MR) is 131 cm³/mol. The Hall–Kier alpha value is -3.71. The molecule has 0 saturated heterocycles. The van der Waals surface area contributed by atoms with E-state index in [0.29, 0.717) is 34.3 Å². The van der Waals surface area contributed by atoms with E-state index in [1.54, 1.807) is 50.2 Å². The lowest BCUT2D eigenvalue weighted by molar-refractivity contribution is -0.137. The molecule has 0 radical (unpaired) electrons. The van der Waals surface area contributed by atoms with Crippen LogP contribution < -0.4 is 20.3 Å². The fourth-order valence-electron chi connectivity index (χ4n) is 3.37. The minimum absolute atomic E-state index is 0.0943. The number of nitrogens with zero attached hydrogens (tertiary/aromatic N) is 3. The Morgan fingerprint density at radius 2 is 1.89 bits per heavy atom. The van der Waals surface area contributed by atoms with Crippen LogP contribution in [0, 0.1) is 13.8 Å². The molecule has 3 rings (SSSR count). The Balaban J connectivity index is 1.92. The maximum absolute atomic E-state index is 13.6. The van der Waals surface area contributed by atoms with E-state index in [4.69, 9.17) is 0 Å². The van der Waals surface area contributed by atoms with Gasteiger partial charge >= 0.3 is 6.18 Å². The van der Waals surface area contributed by atoms with E-state index in [0.717, 1.165) is 9.87 Å². The van der Waals surface area contributed by atoms with Gasteiger partial charge in [-0.1, -0.05) is 12.1 Å². The normalized spacial score (nSPS) is 12.1. The summed E-state index contributed by atoms with van der Waals surface area (Å²) in [7, 11) is 2.85. The lowest BCUT2D eigenvalue weighted by atomic mass is 10.1. The molecule has 2 aromatic carbocycles. The first kappa shape index (κ1) is 26.9. The predicted octanol–water partition coefficient (Wildman–Crippen LogP) is 4.06. The number of anilines is 4. The zero-order chi connectivity index (χ0) is 26.6. The third-order valence-corrected chi connectivity index (χ3v) is 5.95. The number of aryl methyl sites for hydroxylation is 2. The minimum atomic E-state index is -4.73. The monoisotopic (exact) mass is 521 g/mol. The topological polar surface area (TPSA) is 122 Å².